The molecule has 0 atom stereocenters. The number of fused-ring (bicyclic) bond motifs is 27. The number of nitrogens with zero attached hydrogens (tertiary/aromatic N) is 9. The second-order valence-corrected chi connectivity index (χ2v) is 44.4. The molecular formula is C102H66N9P3S2Se. The molecule has 24 rings (SSSR count). The molecular weight excluding hydrogens is 1590 g/mol. The van der Waals surface area contributed by atoms with Gasteiger partial charge < -0.3 is 0 Å². The molecule has 9 aromatic heterocycles. The second-order valence-electron chi connectivity index (χ2n) is 29.4. The molecule has 0 unspecified atom stereocenters. The summed E-state index contributed by atoms with van der Waals surface area (Å²) in [4.78, 5) is 31.4. The van der Waals surface area contributed by atoms with E-state index in [0.29, 0.717) is 0 Å². The van der Waals surface area contributed by atoms with Crippen LogP contribution in [0, 0.1) is 0 Å². The van der Waals surface area contributed by atoms with E-state index in [2.05, 4.69) is 392 Å². The molecule has 552 valence electrons. The Morgan fingerprint density at radius 1 is 0.214 bits per heavy atom. The Kier molecular flexibility index (Phi) is 17.3. The number of imidazole rings is 3. The number of rotatable bonds is 9. The summed E-state index contributed by atoms with van der Waals surface area (Å²) in [5, 5.41) is 20.6. The quantitative estimate of drug-likeness (QED) is 0.0611. The van der Waals surface area contributed by atoms with Crippen LogP contribution in [-0.4, -0.2) is 58.2 Å². The van der Waals surface area contributed by atoms with E-state index in [-0.39, 0.29) is 0 Å². The van der Waals surface area contributed by atoms with Gasteiger partial charge in [0.15, 0.2) is 0 Å². The first-order chi connectivity index (χ1) is 57.7. The van der Waals surface area contributed by atoms with Crippen LogP contribution in [0.25, 0.3) is 148 Å². The Morgan fingerprint density at radius 2 is 0.556 bits per heavy atom. The van der Waals surface area contributed by atoms with Gasteiger partial charge in [-0.3, -0.25) is 8.80 Å². The Labute approximate surface area is 690 Å². The number of hydrogen-bond acceptors (Lipinski definition) is 8. The summed E-state index contributed by atoms with van der Waals surface area (Å²) < 4.78 is 6.84. The van der Waals surface area contributed by atoms with Gasteiger partial charge in [-0.1, -0.05) is 230 Å². The standard InChI is InChI=1S/2C34H22N3PS.C34H22N3PSe/c39-38(24-11-3-1-4-12-24,25-13-5-2-6-14-25)26-20-19-23-21-28-33(35-30(23)22-26)27-15-7-9-17-31(27)37-32-18-10-8-16-29(32)36-34(28)37;39-38(24-13-3-1-4-14-24,25-15-5-2-6-16-25)31-21-11-20-30-32(31)33-26(22-23-12-7-8-17-27(23)35-33)34-36-28-18-9-10-19-29(28)37(30)34;39-38(24-13-3-1-4-14-24,25-15-5-2-6-16-25)31-21-11-12-23-22-27-33(36-32(23)31)26-17-7-9-19-29(26)37-30-20-10-8-18-28(30)35-34(27)37/h3*1-22H. The van der Waals surface area contributed by atoms with Crippen molar-refractivity contribution in [3.8, 4) is 0 Å². The minimum absolute atomic E-state index is 0.918. The maximum absolute atomic E-state index is 6.84. The number of para-hydroxylation sites is 10. The molecule has 9 heterocycles. The molecule has 0 saturated heterocycles. The maximum atomic E-state index is 6.84. The van der Waals surface area contributed by atoms with Gasteiger partial charge >= 0.3 is 234 Å². The summed E-state index contributed by atoms with van der Waals surface area (Å²) in [6.07, 6.45) is 0. The van der Waals surface area contributed by atoms with Crippen molar-refractivity contribution in [1.29, 1.82) is 0 Å². The summed E-state index contributed by atoms with van der Waals surface area (Å²) in [7, 11) is 0. The molecule has 117 heavy (non-hydrogen) atoms. The molecule has 0 bridgehead atoms. The topological polar surface area (TPSA) is 90.6 Å². The van der Waals surface area contributed by atoms with Gasteiger partial charge in [0, 0.05) is 49.7 Å². The predicted octanol–water partition coefficient (Wildman–Crippen LogP) is 20.9. The molecule has 0 fully saturated rings. The number of hydrogen-bond donors (Lipinski definition) is 0. The van der Waals surface area contributed by atoms with Crippen LogP contribution < -0.4 is 47.7 Å². The molecule has 24 aromatic rings. The predicted molar refractivity (Wildman–Crippen MR) is 506 cm³/mol. The average molecular weight is 1650 g/mol. The summed E-state index contributed by atoms with van der Waals surface area (Å²) in [5.74, 6) is 0. The third-order valence-corrected chi connectivity index (χ3v) is 39.7. The van der Waals surface area contributed by atoms with E-state index in [9.17, 15) is 0 Å². The first-order valence-electron chi connectivity index (χ1n) is 38.9. The summed E-state index contributed by atoms with van der Waals surface area (Å²) >= 11 is 17.2. The van der Waals surface area contributed by atoms with Crippen LogP contribution in [-0.2, 0) is 23.6 Å². The minimum atomic E-state index is -2.45. The van der Waals surface area contributed by atoms with Crippen LogP contribution in [0.2, 0.25) is 0 Å². The van der Waals surface area contributed by atoms with Crippen LogP contribution in [0.15, 0.2) is 400 Å². The van der Waals surface area contributed by atoms with Crippen LogP contribution in [0.3, 0.4) is 0 Å². The molecule has 0 aliphatic rings. The molecule has 0 amide bonds. The Bertz CT molecular complexity index is 8190. The fraction of sp³-hybridized carbons (Fsp3) is 0. The number of pyridine rings is 6. The van der Waals surface area contributed by atoms with Gasteiger partial charge in [-0.05, 0) is 87.2 Å². The third kappa shape index (κ3) is 11.4. The first kappa shape index (κ1) is 70.8. The van der Waals surface area contributed by atoms with Gasteiger partial charge in [0.1, 0.15) is 11.3 Å². The van der Waals surface area contributed by atoms with Gasteiger partial charge in [0.2, 0.25) is 0 Å². The van der Waals surface area contributed by atoms with Crippen molar-refractivity contribution in [1.82, 2.24) is 43.1 Å². The normalized spacial score (nSPS) is 12.2. The summed E-state index contributed by atoms with van der Waals surface area (Å²) in [6.45, 7) is 0. The van der Waals surface area contributed by atoms with Crippen molar-refractivity contribution in [2.75, 3.05) is 0 Å². The van der Waals surface area contributed by atoms with E-state index in [1.807, 2.05) is 36.4 Å². The third-order valence-electron chi connectivity index (χ3n) is 22.8. The fourth-order valence-electron chi connectivity index (χ4n) is 17.5. The van der Waals surface area contributed by atoms with Crippen molar-refractivity contribution in [2.24, 2.45) is 0 Å². The van der Waals surface area contributed by atoms with E-state index in [4.69, 9.17) is 53.5 Å². The Hall–Kier alpha value is -12.8. The second kappa shape index (κ2) is 28.6. The van der Waals surface area contributed by atoms with Crippen LogP contribution in [0.1, 0.15) is 0 Å². The summed E-state index contributed by atoms with van der Waals surface area (Å²) in [5.41, 5.74) is 16.1. The van der Waals surface area contributed by atoms with Crippen molar-refractivity contribution >= 4 is 252 Å². The SMILES string of the molecule is S=P(c1ccccc1)(c1ccccc1)c1ccc2cc3c(nc2c1)c1ccccc1n1c2ccccc2nc31.S=P(c1ccccc1)(c1ccccc1)c1cccc2c1c1nc3ccccc3cc1c1nc3ccccc3n21.[Se]=P(c1ccccc1)(c1ccccc1)c1cccc2cc3c(nc12)c1ccccc1n1c2ccccc2nc31. The van der Waals surface area contributed by atoms with Gasteiger partial charge in [-0.15, -0.1) is 0 Å². The zero-order chi connectivity index (χ0) is 77.9. The van der Waals surface area contributed by atoms with E-state index in [0.717, 1.165) is 159 Å². The first-order valence-corrected chi connectivity index (χ1v) is 48.5. The van der Waals surface area contributed by atoms with E-state index < -0.39 is 17.6 Å². The molecule has 0 spiro atoms. The van der Waals surface area contributed by atoms with Crippen LogP contribution in [0.4, 0.5) is 0 Å². The molecule has 0 aliphatic carbocycles. The zero-order valence-electron chi connectivity index (χ0n) is 62.7. The van der Waals surface area contributed by atoms with Gasteiger partial charge in [-0.25, -0.2) is 19.9 Å². The average Bonchev–Trinajstić information content (AvgIpc) is 1.67. The summed E-state index contributed by atoms with van der Waals surface area (Å²) in [6, 6.07) is 136. The van der Waals surface area contributed by atoms with Crippen molar-refractivity contribution in [2.45, 2.75) is 0 Å². The van der Waals surface area contributed by atoms with E-state index in [1.165, 1.54) is 37.1 Å². The number of aromatic nitrogens is 9. The van der Waals surface area contributed by atoms with Crippen molar-refractivity contribution in [3.05, 3.63) is 400 Å². The van der Waals surface area contributed by atoms with Gasteiger partial charge in [0.05, 0.1) is 55.2 Å². The van der Waals surface area contributed by atoms with Crippen LogP contribution in [0.5, 0.6) is 0 Å². The molecule has 0 saturated carbocycles. The van der Waals surface area contributed by atoms with E-state index >= 15 is 0 Å². The molecule has 0 N–H and O–H groups in total. The molecule has 9 nitrogen and oxygen atoms in total. The molecule has 0 radical (unpaired) electrons. The molecule has 15 heteroatoms. The Morgan fingerprint density at radius 3 is 1.05 bits per heavy atom. The number of benzene rings is 15. The zero-order valence-corrected chi connectivity index (χ0v) is 68.7. The van der Waals surface area contributed by atoms with Gasteiger partial charge in [-0.2, -0.15) is 0 Å². The van der Waals surface area contributed by atoms with Gasteiger partial charge in [0.25, 0.3) is 0 Å². The molecule has 0 aliphatic heterocycles. The van der Waals surface area contributed by atoms with Crippen LogP contribution >= 0.6 is 17.6 Å². The fourth-order valence-corrected chi connectivity index (χ4v) is 30.5. The monoisotopic (exact) mass is 1650 g/mol. The Balaban J connectivity index is 0.000000106. The van der Waals surface area contributed by atoms with Crippen molar-refractivity contribution < 1.29 is 0 Å². The van der Waals surface area contributed by atoms with E-state index in [1.54, 1.807) is 0 Å². The van der Waals surface area contributed by atoms with Crippen molar-refractivity contribution in [3.63, 3.8) is 0 Å². The molecule has 15 aromatic carbocycles.